The van der Waals surface area contributed by atoms with Crippen molar-refractivity contribution in [3.63, 3.8) is 0 Å². The summed E-state index contributed by atoms with van der Waals surface area (Å²) < 4.78 is 0. The number of hydrogen-bond acceptors (Lipinski definition) is 9. The predicted molar refractivity (Wildman–Crippen MR) is 149 cm³/mol. The summed E-state index contributed by atoms with van der Waals surface area (Å²) in [5.74, 6) is 0.308. The van der Waals surface area contributed by atoms with Crippen LogP contribution >= 0.6 is 11.6 Å². The van der Waals surface area contributed by atoms with Gasteiger partial charge in [0.25, 0.3) is 5.91 Å². The number of rotatable bonds is 10. The van der Waals surface area contributed by atoms with Gasteiger partial charge in [-0.15, -0.1) is 0 Å². The van der Waals surface area contributed by atoms with E-state index < -0.39 is 18.0 Å². The van der Waals surface area contributed by atoms with Crippen LogP contribution in [-0.4, -0.2) is 81.3 Å². The molecule has 0 unspecified atom stereocenters. The number of aliphatic hydroxyl groups excluding tert-OH is 2. The van der Waals surface area contributed by atoms with Crippen LogP contribution in [0.2, 0.25) is 5.02 Å². The van der Waals surface area contributed by atoms with E-state index in [9.17, 15) is 19.8 Å². The molecule has 1 aliphatic heterocycles. The van der Waals surface area contributed by atoms with Crippen LogP contribution in [0.4, 0.5) is 11.8 Å². The third-order valence-corrected chi connectivity index (χ3v) is 6.80. The number of amides is 2. The molecule has 4 rings (SSSR count). The summed E-state index contributed by atoms with van der Waals surface area (Å²) in [7, 11) is 3.71. The monoisotopic (exact) mass is 553 g/mol. The van der Waals surface area contributed by atoms with E-state index in [1.165, 1.54) is 11.1 Å². The first-order chi connectivity index (χ1) is 18.6. The summed E-state index contributed by atoms with van der Waals surface area (Å²) in [5, 5.41) is 25.4. The Labute approximate surface area is 231 Å². The SMILES string of the molecule is C[C@H](C(=O)N[C@H](CO)c1cccc(N(C)C)n1)N1Cc2ccc(-c3nc(N[C@@H](C)CO)ncc3Cl)cc2C1=O. The van der Waals surface area contributed by atoms with Crippen LogP contribution in [0, 0.1) is 0 Å². The molecule has 0 saturated heterocycles. The average Bonchev–Trinajstić information content (AvgIpc) is 3.27. The van der Waals surface area contributed by atoms with Crippen molar-refractivity contribution in [1.29, 1.82) is 0 Å². The van der Waals surface area contributed by atoms with Crippen LogP contribution in [0.25, 0.3) is 11.3 Å². The van der Waals surface area contributed by atoms with Crippen LogP contribution in [0.1, 0.15) is 41.5 Å². The van der Waals surface area contributed by atoms with Gasteiger partial charge in [0.2, 0.25) is 11.9 Å². The lowest BCUT2D eigenvalue weighted by molar-refractivity contribution is -0.126. The van der Waals surface area contributed by atoms with Crippen LogP contribution in [0.5, 0.6) is 0 Å². The molecule has 12 heteroatoms. The van der Waals surface area contributed by atoms with E-state index in [4.69, 9.17) is 11.6 Å². The number of hydrogen-bond donors (Lipinski definition) is 4. The molecule has 0 fully saturated rings. The second-order valence-electron chi connectivity index (χ2n) is 9.66. The smallest absolute Gasteiger partial charge is 0.255 e. The Morgan fingerprint density at radius 3 is 2.62 bits per heavy atom. The number of benzene rings is 1. The third kappa shape index (κ3) is 6.11. The molecule has 0 radical (unpaired) electrons. The largest absolute Gasteiger partial charge is 0.394 e. The lowest BCUT2D eigenvalue weighted by Crippen LogP contribution is -2.47. The van der Waals surface area contributed by atoms with Crippen molar-refractivity contribution in [3.8, 4) is 11.3 Å². The third-order valence-electron chi connectivity index (χ3n) is 6.53. The van der Waals surface area contributed by atoms with Crippen molar-refractivity contribution in [3.05, 3.63) is 64.4 Å². The Morgan fingerprint density at radius 1 is 1.15 bits per heavy atom. The number of pyridine rings is 1. The van der Waals surface area contributed by atoms with Gasteiger partial charge in [-0.25, -0.2) is 15.0 Å². The second kappa shape index (κ2) is 11.9. The first-order valence-corrected chi connectivity index (χ1v) is 12.9. The van der Waals surface area contributed by atoms with Gasteiger partial charge in [0, 0.05) is 37.8 Å². The Bertz CT molecular complexity index is 1370. The molecule has 0 saturated carbocycles. The molecule has 1 aromatic carbocycles. The molecule has 1 aliphatic rings. The maximum absolute atomic E-state index is 13.4. The normalized spacial score (nSPS) is 14.9. The Balaban J connectivity index is 1.51. The zero-order chi connectivity index (χ0) is 28.3. The quantitative estimate of drug-likeness (QED) is 0.297. The fourth-order valence-electron chi connectivity index (χ4n) is 4.22. The average molecular weight is 554 g/mol. The lowest BCUT2D eigenvalue weighted by Gasteiger charge is -2.26. The highest BCUT2D eigenvalue weighted by atomic mass is 35.5. The van der Waals surface area contributed by atoms with Crippen molar-refractivity contribution in [2.45, 2.75) is 38.5 Å². The summed E-state index contributed by atoms with van der Waals surface area (Å²) >= 11 is 6.37. The fraction of sp³-hybridized carbons (Fsp3) is 0.370. The lowest BCUT2D eigenvalue weighted by atomic mass is 10.0. The maximum atomic E-state index is 13.4. The first-order valence-electron chi connectivity index (χ1n) is 12.5. The molecule has 0 bridgehead atoms. The van der Waals surface area contributed by atoms with Crippen molar-refractivity contribution in [1.82, 2.24) is 25.2 Å². The van der Waals surface area contributed by atoms with E-state index >= 15 is 0 Å². The van der Waals surface area contributed by atoms with E-state index in [0.29, 0.717) is 39.3 Å². The van der Waals surface area contributed by atoms with Crippen molar-refractivity contribution >= 4 is 35.2 Å². The number of halogens is 1. The van der Waals surface area contributed by atoms with Gasteiger partial charge in [0.1, 0.15) is 11.9 Å². The van der Waals surface area contributed by atoms with Crippen molar-refractivity contribution in [2.24, 2.45) is 0 Å². The molecule has 3 aromatic rings. The Hall–Kier alpha value is -3.80. The zero-order valence-electron chi connectivity index (χ0n) is 22.2. The molecule has 3 atom stereocenters. The number of fused-ring (bicyclic) bond motifs is 1. The van der Waals surface area contributed by atoms with Gasteiger partial charge >= 0.3 is 0 Å². The van der Waals surface area contributed by atoms with Crippen LogP contribution < -0.4 is 15.5 Å². The molecular weight excluding hydrogens is 522 g/mol. The molecule has 3 heterocycles. The molecule has 2 aromatic heterocycles. The topological polar surface area (TPSA) is 144 Å². The Kier molecular flexibility index (Phi) is 8.63. The highest BCUT2D eigenvalue weighted by molar-refractivity contribution is 6.33. The first kappa shape index (κ1) is 28.2. The minimum atomic E-state index is -0.794. The molecule has 39 heavy (non-hydrogen) atoms. The number of aromatic nitrogens is 3. The molecule has 206 valence electrons. The van der Waals surface area contributed by atoms with E-state index in [1.807, 2.05) is 43.3 Å². The molecule has 0 spiro atoms. The van der Waals surface area contributed by atoms with Crippen molar-refractivity contribution < 1.29 is 19.8 Å². The van der Waals surface area contributed by atoms with Gasteiger partial charge in [0.15, 0.2) is 0 Å². The fourth-order valence-corrected chi connectivity index (χ4v) is 4.42. The molecular formula is C27H32ClN7O4. The molecule has 4 N–H and O–H groups in total. The number of anilines is 2. The molecule has 2 amide bonds. The number of carbonyl (C=O) groups is 2. The summed E-state index contributed by atoms with van der Waals surface area (Å²) in [6.45, 7) is 3.28. The Morgan fingerprint density at radius 2 is 1.92 bits per heavy atom. The highest BCUT2D eigenvalue weighted by Gasteiger charge is 2.35. The van der Waals surface area contributed by atoms with Gasteiger partial charge in [-0.05, 0) is 37.6 Å². The standard InChI is InChI=1S/C27H32ClN7O4/c1-15(13-36)30-27-29-11-20(28)24(33-27)17-8-9-18-12-35(26(39)19(18)10-17)16(2)25(38)32-22(14-37)21-6-5-7-23(31-21)34(3)4/h5-11,15-16,22,36-37H,12-14H2,1-4H3,(H,32,38)(H,29,30,33)/t15-,16+,22+/m0/s1. The minimum absolute atomic E-state index is 0.0890. The van der Waals surface area contributed by atoms with E-state index in [-0.39, 0.29) is 31.7 Å². The number of aliphatic hydroxyl groups is 2. The summed E-state index contributed by atoms with van der Waals surface area (Å²) in [6.07, 6.45) is 1.46. The van der Waals surface area contributed by atoms with Crippen LogP contribution in [0.15, 0.2) is 42.6 Å². The van der Waals surface area contributed by atoms with Crippen LogP contribution in [-0.2, 0) is 11.3 Å². The van der Waals surface area contributed by atoms with Gasteiger partial charge in [-0.2, -0.15) is 0 Å². The van der Waals surface area contributed by atoms with Gasteiger partial charge in [0.05, 0.1) is 41.9 Å². The summed E-state index contributed by atoms with van der Waals surface area (Å²) in [5.41, 5.74) is 2.82. The minimum Gasteiger partial charge on any atom is -0.394 e. The summed E-state index contributed by atoms with van der Waals surface area (Å²) in [4.78, 5) is 43.0. The zero-order valence-corrected chi connectivity index (χ0v) is 23.0. The number of nitrogens with zero attached hydrogens (tertiary/aromatic N) is 5. The highest BCUT2D eigenvalue weighted by Crippen LogP contribution is 2.32. The second-order valence-corrected chi connectivity index (χ2v) is 10.1. The number of nitrogens with one attached hydrogen (secondary N) is 2. The molecule has 11 nitrogen and oxygen atoms in total. The maximum Gasteiger partial charge on any atom is 0.255 e. The van der Waals surface area contributed by atoms with Crippen molar-refractivity contribution in [2.75, 3.05) is 37.5 Å². The van der Waals surface area contributed by atoms with Gasteiger partial charge in [-0.1, -0.05) is 29.8 Å². The molecule has 0 aliphatic carbocycles. The summed E-state index contributed by atoms with van der Waals surface area (Å²) in [6, 6.07) is 8.97. The number of carbonyl (C=O) groups excluding carboxylic acids is 2. The van der Waals surface area contributed by atoms with E-state index in [2.05, 4.69) is 25.6 Å². The van der Waals surface area contributed by atoms with Crippen LogP contribution in [0.3, 0.4) is 0 Å². The van der Waals surface area contributed by atoms with E-state index in [0.717, 1.165) is 5.56 Å². The predicted octanol–water partition coefficient (Wildman–Crippen LogP) is 2.24. The van der Waals surface area contributed by atoms with Gasteiger partial charge < -0.3 is 30.6 Å². The van der Waals surface area contributed by atoms with Gasteiger partial charge in [-0.3, -0.25) is 9.59 Å². The van der Waals surface area contributed by atoms with E-state index in [1.54, 1.807) is 26.0 Å².